The molecule has 1 radical (unpaired) electrons. The van der Waals surface area contributed by atoms with Crippen LogP contribution >= 0.6 is 47.0 Å². The molecule has 0 aliphatic carbocycles. The maximum atomic E-state index is 5.15. The molecule has 5 heteroatoms. The molecule has 0 aliphatic rings. The monoisotopic (exact) mass is 312 g/mol. The van der Waals surface area contributed by atoms with Crippen molar-refractivity contribution in [1.29, 1.82) is 0 Å². The van der Waals surface area contributed by atoms with Crippen LogP contribution in [0.25, 0.3) is 0 Å². The van der Waals surface area contributed by atoms with Crippen LogP contribution in [-0.2, 0) is 0 Å². The molecule has 0 aromatic carbocycles. The van der Waals surface area contributed by atoms with E-state index in [4.69, 9.17) is 5.32 Å². The summed E-state index contributed by atoms with van der Waals surface area (Å²) >= 11 is 7.81. The zero-order valence-corrected chi connectivity index (χ0v) is 15.2. The van der Waals surface area contributed by atoms with Crippen LogP contribution in [0.3, 0.4) is 0 Å². The first-order chi connectivity index (χ1) is 7.95. The molecule has 0 aromatic rings. The largest absolute Gasteiger partial charge is 0.187 e. The minimum atomic E-state index is 0.00257. The molecule has 0 aromatic heterocycles. The van der Waals surface area contributed by atoms with Crippen molar-refractivity contribution < 1.29 is 0 Å². The SMILES string of the molecule is CCSC(C)([N]C(C)(SCC)SCC)SCC. The van der Waals surface area contributed by atoms with Crippen molar-refractivity contribution in [2.24, 2.45) is 0 Å². The Kier molecular flexibility index (Phi) is 10.0. The normalized spacial score (nSPS) is 13.1. The standard InChI is InChI=1S/C12H26NS4/c1-7-14-11(5,15-8-2)13-12(6,16-9-3)17-10-4/h7-10H2,1-6H3. The van der Waals surface area contributed by atoms with Gasteiger partial charge in [-0.3, -0.25) is 0 Å². The van der Waals surface area contributed by atoms with E-state index in [1.807, 2.05) is 47.0 Å². The Morgan fingerprint density at radius 3 is 1.06 bits per heavy atom. The Balaban J connectivity index is 4.65. The highest BCUT2D eigenvalue weighted by molar-refractivity contribution is 8.19. The molecule has 0 unspecified atom stereocenters. The van der Waals surface area contributed by atoms with Crippen LogP contribution in [0.2, 0.25) is 0 Å². The lowest BCUT2D eigenvalue weighted by molar-refractivity contribution is 0.596. The quantitative estimate of drug-likeness (QED) is 0.529. The molecule has 0 saturated carbocycles. The molecule has 1 nitrogen and oxygen atoms in total. The van der Waals surface area contributed by atoms with Crippen molar-refractivity contribution in [3.05, 3.63) is 0 Å². The number of rotatable bonds is 10. The Morgan fingerprint density at radius 1 is 0.647 bits per heavy atom. The first-order valence-corrected chi connectivity index (χ1v) is 10.2. The third kappa shape index (κ3) is 7.51. The number of hydrogen-bond donors (Lipinski definition) is 0. The molecule has 0 saturated heterocycles. The van der Waals surface area contributed by atoms with Crippen molar-refractivity contribution in [3.8, 4) is 0 Å². The Morgan fingerprint density at radius 2 is 0.882 bits per heavy atom. The molecule has 17 heavy (non-hydrogen) atoms. The van der Waals surface area contributed by atoms with Crippen molar-refractivity contribution >= 4 is 47.0 Å². The zero-order valence-electron chi connectivity index (χ0n) is 11.9. The van der Waals surface area contributed by atoms with Crippen LogP contribution in [0.15, 0.2) is 0 Å². The Hall–Kier alpha value is 1.36. The third-order valence-electron chi connectivity index (χ3n) is 2.05. The van der Waals surface area contributed by atoms with Gasteiger partial charge in [-0.25, -0.2) is 0 Å². The second-order valence-electron chi connectivity index (χ2n) is 3.64. The van der Waals surface area contributed by atoms with Gasteiger partial charge in [-0.2, -0.15) is 5.32 Å². The van der Waals surface area contributed by atoms with Crippen LogP contribution in [0.4, 0.5) is 0 Å². The summed E-state index contributed by atoms with van der Waals surface area (Å²) < 4.78 is 0.00514. The summed E-state index contributed by atoms with van der Waals surface area (Å²) in [6.07, 6.45) is 0. The molecule has 0 heterocycles. The molecule has 103 valence electrons. The van der Waals surface area contributed by atoms with Gasteiger partial charge in [0.2, 0.25) is 0 Å². The van der Waals surface area contributed by atoms with Crippen LogP contribution < -0.4 is 5.32 Å². The first-order valence-electron chi connectivity index (χ1n) is 6.25. The highest BCUT2D eigenvalue weighted by atomic mass is 32.2. The van der Waals surface area contributed by atoms with Crippen molar-refractivity contribution in [2.45, 2.75) is 49.9 Å². The van der Waals surface area contributed by atoms with E-state index in [0.717, 1.165) is 23.0 Å². The summed E-state index contributed by atoms with van der Waals surface area (Å²) in [5, 5.41) is 5.15. The molecular formula is C12H26NS4. The van der Waals surface area contributed by atoms with Gasteiger partial charge in [0, 0.05) is 0 Å². The zero-order chi connectivity index (χ0) is 13.4. The van der Waals surface area contributed by atoms with Crippen LogP contribution in [-0.4, -0.2) is 31.4 Å². The van der Waals surface area contributed by atoms with Gasteiger partial charge in [-0.1, -0.05) is 27.7 Å². The first kappa shape index (κ1) is 18.4. The molecule has 0 aliphatic heterocycles. The molecular weight excluding hydrogens is 286 g/mol. The predicted octanol–water partition coefficient (Wildman–Crippen LogP) is 4.95. The summed E-state index contributed by atoms with van der Waals surface area (Å²) in [6, 6.07) is 0. The summed E-state index contributed by atoms with van der Waals surface area (Å²) in [5.74, 6) is 4.49. The average Bonchev–Trinajstić information content (AvgIpc) is 2.17. The van der Waals surface area contributed by atoms with Crippen molar-refractivity contribution in [1.82, 2.24) is 5.32 Å². The fraction of sp³-hybridized carbons (Fsp3) is 1.00. The van der Waals surface area contributed by atoms with Gasteiger partial charge in [-0.05, 0) is 36.9 Å². The molecule has 0 bridgehead atoms. The van der Waals surface area contributed by atoms with E-state index >= 15 is 0 Å². The van der Waals surface area contributed by atoms with E-state index in [-0.39, 0.29) is 8.41 Å². The summed E-state index contributed by atoms with van der Waals surface area (Å²) in [5.41, 5.74) is 0. The minimum Gasteiger partial charge on any atom is -0.187 e. The lowest BCUT2D eigenvalue weighted by atomic mass is 10.6. The van der Waals surface area contributed by atoms with Gasteiger partial charge in [0.05, 0.1) is 0 Å². The minimum absolute atomic E-state index is 0.00257. The van der Waals surface area contributed by atoms with E-state index in [2.05, 4.69) is 41.5 Å². The summed E-state index contributed by atoms with van der Waals surface area (Å²) in [4.78, 5) is 0. The summed E-state index contributed by atoms with van der Waals surface area (Å²) in [7, 11) is 0. The van der Waals surface area contributed by atoms with Gasteiger partial charge < -0.3 is 0 Å². The predicted molar refractivity (Wildman–Crippen MR) is 91.5 cm³/mol. The second-order valence-corrected chi connectivity index (χ2v) is 10.8. The van der Waals surface area contributed by atoms with Gasteiger partial charge in [0.1, 0.15) is 8.41 Å². The second kappa shape index (κ2) is 9.29. The number of hydrogen-bond acceptors (Lipinski definition) is 4. The number of nitrogens with zero attached hydrogens (tertiary/aromatic N) is 1. The lowest BCUT2D eigenvalue weighted by Crippen LogP contribution is -2.42. The van der Waals surface area contributed by atoms with E-state index in [9.17, 15) is 0 Å². The molecule has 0 fully saturated rings. The van der Waals surface area contributed by atoms with E-state index in [0.29, 0.717) is 0 Å². The van der Waals surface area contributed by atoms with Crippen molar-refractivity contribution in [3.63, 3.8) is 0 Å². The van der Waals surface area contributed by atoms with Crippen LogP contribution in [0.1, 0.15) is 41.5 Å². The molecule has 0 rings (SSSR count). The summed E-state index contributed by atoms with van der Waals surface area (Å²) in [6.45, 7) is 13.4. The van der Waals surface area contributed by atoms with E-state index < -0.39 is 0 Å². The van der Waals surface area contributed by atoms with Crippen molar-refractivity contribution in [2.75, 3.05) is 23.0 Å². The van der Waals surface area contributed by atoms with Crippen LogP contribution in [0, 0.1) is 0 Å². The van der Waals surface area contributed by atoms with Gasteiger partial charge in [0.15, 0.2) is 0 Å². The van der Waals surface area contributed by atoms with Crippen LogP contribution in [0.5, 0.6) is 0 Å². The van der Waals surface area contributed by atoms with E-state index in [1.54, 1.807) is 0 Å². The topological polar surface area (TPSA) is 14.1 Å². The maximum Gasteiger partial charge on any atom is 0.126 e. The molecule has 0 N–H and O–H groups in total. The Labute approximate surface area is 125 Å². The highest BCUT2D eigenvalue weighted by Crippen LogP contribution is 2.44. The lowest BCUT2D eigenvalue weighted by Gasteiger charge is -2.37. The molecule has 0 spiro atoms. The average molecular weight is 313 g/mol. The fourth-order valence-electron chi connectivity index (χ4n) is 1.65. The number of thioether (sulfide) groups is 4. The smallest absolute Gasteiger partial charge is 0.126 e. The van der Waals surface area contributed by atoms with E-state index in [1.165, 1.54) is 0 Å². The van der Waals surface area contributed by atoms with Gasteiger partial charge >= 0.3 is 0 Å². The molecule has 0 atom stereocenters. The molecule has 0 amide bonds. The Bertz CT molecular complexity index is 167. The highest BCUT2D eigenvalue weighted by Gasteiger charge is 2.36. The van der Waals surface area contributed by atoms with Gasteiger partial charge in [-0.15, -0.1) is 47.0 Å². The van der Waals surface area contributed by atoms with Gasteiger partial charge in [0.25, 0.3) is 0 Å². The third-order valence-corrected chi connectivity index (χ3v) is 7.13. The maximum absolute atomic E-state index is 5.15. The fourth-order valence-corrected chi connectivity index (χ4v) is 7.10.